The highest BCUT2D eigenvalue weighted by Crippen LogP contribution is 2.10. The molecule has 0 radical (unpaired) electrons. The molecule has 0 aromatic heterocycles. The van der Waals surface area contributed by atoms with Crippen molar-refractivity contribution >= 4 is 11.9 Å². The van der Waals surface area contributed by atoms with E-state index in [1.165, 1.54) is 18.2 Å². The van der Waals surface area contributed by atoms with Crippen LogP contribution in [0.2, 0.25) is 0 Å². The predicted molar refractivity (Wildman–Crippen MR) is 63.4 cm³/mol. The molecule has 1 N–H and O–H groups in total. The van der Waals surface area contributed by atoms with Gasteiger partial charge in [-0.1, -0.05) is 18.2 Å². The van der Waals surface area contributed by atoms with Crippen LogP contribution in [0.3, 0.4) is 0 Å². The summed E-state index contributed by atoms with van der Waals surface area (Å²) in [5.41, 5.74) is -0.162. The highest BCUT2D eigenvalue weighted by molar-refractivity contribution is 6.01. The highest BCUT2D eigenvalue weighted by atomic mass is 16.5. The van der Waals surface area contributed by atoms with Crippen molar-refractivity contribution in [3.05, 3.63) is 35.4 Å². The summed E-state index contributed by atoms with van der Waals surface area (Å²) < 4.78 is 10.3. The number of carboxylic acid groups (broad SMARTS) is 1. The first-order valence-electron chi connectivity index (χ1n) is 6.01. The van der Waals surface area contributed by atoms with Crippen LogP contribution in [0.1, 0.15) is 27.1 Å². The van der Waals surface area contributed by atoms with Crippen LogP contribution in [0.15, 0.2) is 24.3 Å². The Morgan fingerprint density at radius 2 is 2.11 bits per heavy atom. The number of aromatic carboxylic acids is 1. The Morgan fingerprint density at radius 3 is 2.74 bits per heavy atom. The Bertz CT molecular complexity index is 468. The summed E-state index contributed by atoms with van der Waals surface area (Å²) >= 11 is 0. The summed E-state index contributed by atoms with van der Waals surface area (Å²) in [6, 6.07) is 5.81. The molecule has 1 saturated heterocycles. The van der Waals surface area contributed by atoms with Gasteiger partial charge in [-0.25, -0.2) is 4.79 Å². The summed E-state index contributed by atoms with van der Waals surface area (Å²) in [5.74, 6) is -2.06. The van der Waals surface area contributed by atoms with E-state index in [0.29, 0.717) is 13.0 Å². The van der Waals surface area contributed by atoms with Crippen molar-refractivity contribution < 1.29 is 24.2 Å². The highest BCUT2D eigenvalue weighted by Gasteiger charge is 2.16. The maximum absolute atomic E-state index is 11.8. The molecule has 2 rings (SSSR count). The molecule has 1 unspecified atom stereocenters. The maximum Gasteiger partial charge on any atom is 0.338 e. The fraction of sp³-hybridized carbons (Fsp3) is 0.385. The molecular weight excluding hydrogens is 250 g/mol. The normalized spacial score (nSPS) is 18.2. The van der Waals surface area contributed by atoms with Crippen molar-refractivity contribution in [2.24, 2.45) is 0 Å². The van der Waals surface area contributed by atoms with E-state index in [-0.39, 0.29) is 24.0 Å². The van der Waals surface area contributed by atoms with E-state index >= 15 is 0 Å². The van der Waals surface area contributed by atoms with Gasteiger partial charge in [0, 0.05) is 18.5 Å². The number of esters is 1. The molecule has 1 aromatic carbocycles. The molecule has 19 heavy (non-hydrogen) atoms. The van der Waals surface area contributed by atoms with Crippen molar-refractivity contribution in [2.75, 3.05) is 19.8 Å². The lowest BCUT2D eigenvalue weighted by Gasteiger charge is -2.12. The van der Waals surface area contributed by atoms with Gasteiger partial charge in [-0.3, -0.25) is 5.32 Å². The second-order valence-corrected chi connectivity index (χ2v) is 4.07. The van der Waals surface area contributed by atoms with Crippen LogP contribution in [0.25, 0.3) is 0 Å². The number of benzene rings is 1. The zero-order valence-corrected chi connectivity index (χ0v) is 10.3. The number of nitrogens with one attached hydrogen (secondary N) is 1. The van der Waals surface area contributed by atoms with Crippen LogP contribution in [0.5, 0.6) is 0 Å². The van der Waals surface area contributed by atoms with E-state index in [4.69, 9.17) is 9.47 Å². The fourth-order valence-electron chi connectivity index (χ4n) is 1.84. The Labute approximate surface area is 110 Å². The molecule has 1 atom stereocenters. The SMILES string of the molecule is O=C([O-])c1ccccc1C(=O)OCCC1NCCO1. The summed E-state index contributed by atoms with van der Waals surface area (Å²) in [6.45, 7) is 1.59. The van der Waals surface area contributed by atoms with Crippen molar-refractivity contribution in [3.63, 3.8) is 0 Å². The van der Waals surface area contributed by atoms with Gasteiger partial charge >= 0.3 is 5.97 Å². The average molecular weight is 264 g/mol. The molecular formula is C13H14NO5-. The van der Waals surface area contributed by atoms with Crippen molar-refractivity contribution in [1.82, 2.24) is 5.32 Å². The van der Waals surface area contributed by atoms with Gasteiger partial charge in [-0.15, -0.1) is 0 Å². The van der Waals surface area contributed by atoms with Crippen LogP contribution in [0, 0.1) is 0 Å². The molecule has 0 aliphatic carbocycles. The lowest BCUT2D eigenvalue weighted by atomic mass is 10.1. The van der Waals surface area contributed by atoms with Gasteiger partial charge in [0.15, 0.2) is 0 Å². The smallest absolute Gasteiger partial charge is 0.338 e. The molecule has 0 saturated carbocycles. The van der Waals surface area contributed by atoms with Crippen LogP contribution in [-0.2, 0) is 9.47 Å². The molecule has 1 heterocycles. The summed E-state index contributed by atoms with van der Waals surface area (Å²) in [7, 11) is 0. The average Bonchev–Trinajstić information content (AvgIpc) is 2.91. The second-order valence-electron chi connectivity index (χ2n) is 4.07. The standard InChI is InChI=1S/C13H15NO5/c15-12(16)9-3-1-2-4-10(9)13(17)19-7-5-11-14-6-8-18-11/h1-4,11,14H,5-8H2,(H,15,16)/p-1. The Morgan fingerprint density at radius 1 is 1.37 bits per heavy atom. The summed E-state index contributed by atoms with van der Waals surface area (Å²) in [5, 5.41) is 13.9. The van der Waals surface area contributed by atoms with Gasteiger partial charge in [-0.05, 0) is 6.07 Å². The Hall–Kier alpha value is -1.92. The lowest BCUT2D eigenvalue weighted by Crippen LogP contribution is -2.27. The molecule has 1 aromatic rings. The van der Waals surface area contributed by atoms with Crippen LogP contribution < -0.4 is 10.4 Å². The van der Waals surface area contributed by atoms with Crippen LogP contribution >= 0.6 is 0 Å². The molecule has 6 heteroatoms. The van der Waals surface area contributed by atoms with E-state index in [1.54, 1.807) is 6.07 Å². The van der Waals surface area contributed by atoms with Crippen LogP contribution in [-0.4, -0.2) is 37.9 Å². The fourth-order valence-corrected chi connectivity index (χ4v) is 1.84. The Kier molecular flexibility index (Phi) is 4.48. The largest absolute Gasteiger partial charge is 0.545 e. The molecule has 0 bridgehead atoms. The van der Waals surface area contributed by atoms with Gasteiger partial charge in [0.2, 0.25) is 0 Å². The molecule has 1 fully saturated rings. The molecule has 6 nitrogen and oxygen atoms in total. The van der Waals surface area contributed by atoms with E-state index in [1.807, 2.05) is 0 Å². The van der Waals surface area contributed by atoms with Gasteiger partial charge in [0.05, 0.1) is 24.7 Å². The second kappa shape index (κ2) is 6.31. The molecule has 1 aliphatic rings. The minimum absolute atomic E-state index is 0.00259. The molecule has 102 valence electrons. The first kappa shape index (κ1) is 13.5. The molecule has 0 amide bonds. The van der Waals surface area contributed by atoms with Gasteiger partial charge in [-0.2, -0.15) is 0 Å². The zero-order valence-electron chi connectivity index (χ0n) is 10.3. The van der Waals surface area contributed by atoms with Crippen molar-refractivity contribution in [1.29, 1.82) is 0 Å². The number of hydrogen-bond donors (Lipinski definition) is 1. The van der Waals surface area contributed by atoms with E-state index in [2.05, 4.69) is 5.32 Å². The third-order valence-electron chi connectivity index (χ3n) is 2.77. The zero-order chi connectivity index (χ0) is 13.7. The first-order chi connectivity index (χ1) is 9.18. The Balaban J connectivity index is 1.90. The van der Waals surface area contributed by atoms with Crippen molar-refractivity contribution in [2.45, 2.75) is 12.6 Å². The summed E-state index contributed by atoms with van der Waals surface area (Å²) in [4.78, 5) is 22.6. The first-order valence-corrected chi connectivity index (χ1v) is 6.01. The summed E-state index contributed by atoms with van der Waals surface area (Å²) in [6.07, 6.45) is 0.420. The topological polar surface area (TPSA) is 87.7 Å². The third-order valence-corrected chi connectivity index (χ3v) is 2.77. The van der Waals surface area contributed by atoms with E-state index in [0.717, 1.165) is 6.54 Å². The number of carbonyl (C=O) groups is 2. The lowest BCUT2D eigenvalue weighted by molar-refractivity contribution is -0.255. The van der Waals surface area contributed by atoms with Crippen LogP contribution in [0.4, 0.5) is 0 Å². The quantitative estimate of drug-likeness (QED) is 0.724. The van der Waals surface area contributed by atoms with Gasteiger partial charge < -0.3 is 19.4 Å². The van der Waals surface area contributed by atoms with Gasteiger partial charge in [0.25, 0.3) is 0 Å². The number of rotatable bonds is 5. The monoisotopic (exact) mass is 264 g/mol. The van der Waals surface area contributed by atoms with Crippen molar-refractivity contribution in [3.8, 4) is 0 Å². The number of carboxylic acids is 1. The number of ether oxygens (including phenoxy) is 2. The van der Waals surface area contributed by atoms with Gasteiger partial charge in [0.1, 0.15) is 6.23 Å². The molecule has 1 aliphatic heterocycles. The third kappa shape index (κ3) is 3.52. The van der Waals surface area contributed by atoms with E-state index < -0.39 is 11.9 Å². The van der Waals surface area contributed by atoms with E-state index in [9.17, 15) is 14.7 Å². The maximum atomic E-state index is 11.8. The number of hydrogen-bond acceptors (Lipinski definition) is 6. The number of carbonyl (C=O) groups excluding carboxylic acids is 2. The predicted octanol–water partition coefficient (Wildman–Crippen LogP) is -0.457. The molecule has 0 spiro atoms. The minimum Gasteiger partial charge on any atom is -0.545 e. The minimum atomic E-state index is -1.40.